The fraction of sp³-hybridized carbons (Fsp3) is 0.312. The van der Waals surface area contributed by atoms with E-state index in [1.54, 1.807) is 24.3 Å². The fourth-order valence-corrected chi connectivity index (χ4v) is 2.64. The van der Waals surface area contributed by atoms with Gasteiger partial charge in [-0.2, -0.15) is 0 Å². The lowest BCUT2D eigenvalue weighted by Crippen LogP contribution is -2.18. The molecule has 1 heterocycles. The van der Waals surface area contributed by atoms with Crippen molar-refractivity contribution in [1.82, 2.24) is 14.5 Å². The summed E-state index contributed by atoms with van der Waals surface area (Å²) in [6.45, 7) is 1.45. The number of hydrogen-bond donors (Lipinski definition) is 2. The third-order valence-electron chi connectivity index (χ3n) is 3.33. The number of aliphatic imine (C=N–C) groups is 1. The summed E-state index contributed by atoms with van der Waals surface area (Å²) in [5.41, 5.74) is 0.0470. The van der Waals surface area contributed by atoms with Crippen LogP contribution in [-0.4, -0.2) is 53.0 Å². The maximum Gasteiger partial charge on any atom is 0.264 e. The highest BCUT2D eigenvalue weighted by atomic mass is 35.5. The number of halogens is 1. The number of benzene rings is 1. The third kappa shape index (κ3) is 4.31. The summed E-state index contributed by atoms with van der Waals surface area (Å²) >= 11 is 11.3. The van der Waals surface area contributed by atoms with Crippen LogP contribution in [0.2, 0.25) is 5.02 Å². The second-order valence-electron chi connectivity index (χ2n) is 5.48. The van der Waals surface area contributed by atoms with Crippen LogP contribution in [0.15, 0.2) is 34.1 Å². The van der Waals surface area contributed by atoms with Crippen molar-refractivity contribution in [2.24, 2.45) is 4.99 Å². The summed E-state index contributed by atoms with van der Waals surface area (Å²) in [5, 5.41) is 10.9. The van der Waals surface area contributed by atoms with Crippen molar-refractivity contribution in [3.05, 3.63) is 50.0 Å². The van der Waals surface area contributed by atoms with Crippen molar-refractivity contribution in [3.63, 3.8) is 0 Å². The topological polar surface area (TPSA) is 73.6 Å². The molecule has 2 aromatic rings. The van der Waals surface area contributed by atoms with Crippen LogP contribution in [0.1, 0.15) is 12.0 Å². The van der Waals surface area contributed by atoms with E-state index >= 15 is 0 Å². The van der Waals surface area contributed by atoms with Crippen molar-refractivity contribution in [2.75, 3.05) is 27.2 Å². The van der Waals surface area contributed by atoms with Gasteiger partial charge in [-0.15, -0.1) is 0 Å². The maximum absolute atomic E-state index is 12.1. The van der Waals surface area contributed by atoms with E-state index in [1.165, 1.54) is 10.8 Å². The zero-order chi connectivity index (χ0) is 17.7. The molecule has 0 amide bonds. The predicted octanol–water partition coefficient (Wildman–Crippen LogP) is 2.62. The van der Waals surface area contributed by atoms with Gasteiger partial charge >= 0.3 is 0 Å². The van der Waals surface area contributed by atoms with Gasteiger partial charge in [0, 0.05) is 12.8 Å². The van der Waals surface area contributed by atoms with Gasteiger partial charge in [-0.3, -0.25) is 19.3 Å². The number of aromatic nitrogens is 2. The summed E-state index contributed by atoms with van der Waals surface area (Å²) in [7, 11) is 3.96. The highest BCUT2D eigenvalue weighted by molar-refractivity contribution is 7.71. The lowest BCUT2D eigenvalue weighted by atomic mass is 10.3. The van der Waals surface area contributed by atoms with E-state index in [9.17, 15) is 9.90 Å². The fourth-order valence-electron chi connectivity index (χ4n) is 2.15. The monoisotopic (exact) mass is 366 g/mol. The number of nitrogens with zero attached hydrogens (tertiary/aromatic N) is 3. The van der Waals surface area contributed by atoms with E-state index in [-0.39, 0.29) is 16.2 Å². The Kier molecular flexibility index (Phi) is 6.30. The van der Waals surface area contributed by atoms with E-state index in [0.717, 1.165) is 13.0 Å². The molecule has 0 aliphatic heterocycles. The van der Waals surface area contributed by atoms with E-state index in [0.29, 0.717) is 17.3 Å². The molecule has 1 aromatic carbocycles. The number of para-hydroxylation sites is 1. The molecule has 2 rings (SSSR count). The number of rotatable bonds is 6. The summed E-state index contributed by atoms with van der Waals surface area (Å²) in [4.78, 5) is 20.9. The number of aromatic amines is 1. The molecule has 0 saturated heterocycles. The summed E-state index contributed by atoms with van der Waals surface area (Å²) in [6.07, 6.45) is 2.22. The first-order valence-electron chi connectivity index (χ1n) is 7.39. The first kappa shape index (κ1) is 18.4. The van der Waals surface area contributed by atoms with Crippen LogP contribution >= 0.6 is 23.8 Å². The molecule has 0 aliphatic rings. The molecule has 0 unspecified atom stereocenters. The number of aromatic hydroxyl groups is 1. The molecular formula is C16H19ClN4O2S. The van der Waals surface area contributed by atoms with Crippen molar-refractivity contribution in [2.45, 2.75) is 6.42 Å². The van der Waals surface area contributed by atoms with Crippen LogP contribution in [0.5, 0.6) is 5.88 Å². The van der Waals surface area contributed by atoms with Gasteiger partial charge in [0.2, 0.25) is 5.88 Å². The molecule has 8 heteroatoms. The Morgan fingerprint density at radius 3 is 2.79 bits per heavy atom. The predicted molar refractivity (Wildman–Crippen MR) is 99.5 cm³/mol. The molecule has 0 radical (unpaired) electrons. The molecule has 24 heavy (non-hydrogen) atoms. The molecule has 0 saturated carbocycles. The van der Waals surface area contributed by atoms with Gasteiger partial charge < -0.3 is 10.0 Å². The second kappa shape index (κ2) is 8.23. The molecule has 1 aromatic heterocycles. The van der Waals surface area contributed by atoms with Gasteiger partial charge in [-0.25, -0.2) is 0 Å². The van der Waals surface area contributed by atoms with E-state index in [4.69, 9.17) is 23.8 Å². The zero-order valence-corrected chi connectivity index (χ0v) is 15.1. The third-order valence-corrected chi connectivity index (χ3v) is 3.93. The number of H-pyrrole nitrogens is 1. The summed E-state index contributed by atoms with van der Waals surface area (Å²) in [5.74, 6) is -0.284. The molecule has 2 N–H and O–H groups in total. The SMILES string of the molecule is CN(C)CCCN=Cc1c(O)n(-c2ccccc2Cl)c(=S)[nH]c1=O. The molecule has 0 spiro atoms. The van der Waals surface area contributed by atoms with E-state index in [1.807, 2.05) is 14.1 Å². The highest BCUT2D eigenvalue weighted by Gasteiger charge is 2.14. The van der Waals surface area contributed by atoms with Gasteiger partial charge in [-0.1, -0.05) is 23.7 Å². The van der Waals surface area contributed by atoms with Gasteiger partial charge in [0.25, 0.3) is 5.56 Å². The Morgan fingerprint density at radius 1 is 1.42 bits per heavy atom. The average molecular weight is 367 g/mol. The standard InChI is InChI=1S/C16H19ClN4O2S/c1-20(2)9-5-8-18-10-11-14(22)19-16(24)21(15(11)23)13-7-4-3-6-12(13)17/h3-4,6-7,10,23H,5,8-9H2,1-2H3,(H,19,22,24). The Morgan fingerprint density at radius 2 is 2.12 bits per heavy atom. The average Bonchev–Trinajstić information content (AvgIpc) is 2.51. The van der Waals surface area contributed by atoms with Gasteiger partial charge in [0.05, 0.1) is 10.7 Å². The zero-order valence-electron chi connectivity index (χ0n) is 13.5. The minimum Gasteiger partial charge on any atom is -0.494 e. The molecule has 128 valence electrons. The van der Waals surface area contributed by atoms with Crippen LogP contribution in [0, 0.1) is 4.77 Å². The minimum absolute atomic E-state index is 0.0494. The molecule has 0 bridgehead atoms. The molecule has 6 nitrogen and oxygen atoms in total. The van der Waals surface area contributed by atoms with Gasteiger partial charge in [-0.05, 0) is 51.4 Å². The minimum atomic E-state index is -0.489. The normalized spacial score (nSPS) is 11.5. The van der Waals surface area contributed by atoms with Crippen molar-refractivity contribution >= 4 is 30.0 Å². The molecular weight excluding hydrogens is 348 g/mol. The van der Waals surface area contributed by atoms with Crippen LogP contribution in [0.3, 0.4) is 0 Å². The largest absolute Gasteiger partial charge is 0.494 e. The van der Waals surface area contributed by atoms with Crippen molar-refractivity contribution in [3.8, 4) is 11.6 Å². The van der Waals surface area contributed by atoms with Crippen LogP contribution in [0.25, 0.3) is 5.69 Å². The Hall–Kier alpha value is -1.96. The highest BCUT2D eigenvalue weighted by Crippen LogP contribution is 2.24. The van der Waals surface area contributed by atoms with E-state index < -0.39 is 5.56 Å². The molecule has 0 fully saturated rings. The lowest BCUT2D eigenvalue weighted by Gasteiger charge is -2.12. The molecule has 0 aliphatic carbocycles. The summed E-state index contributed by atoms with van der Waals surface area (Å²) < 4.78 is 1.38. The Labute approximate surface area is 150 Å². The van der Waals surface area contributed by atoms with Crippen molar-refractivity contribution < 1.29 is 5.11 Å². The lowest BCUT2D eigenvalue weighted by molar-refractivity contribution is 0.403. The van der Waals surface area contributed by atoms with Crippen LogP contribution in [0.4, 0.5) is 0 Å². The number of nitrogens with one attached hydrogen (secondary N) is 1. The molecule has 0 atom stereocenters. The first-order valence-corrected chi connectivity index (χ1v) is 8.18. The summed E-state index contributed by atoms with van der Waals surface area (Å²) in [6, 6.07) is 6.92. The maximum atomic E-state index is 12.1. The second-order valence-corrected chi connectivity index (χ2v) is 6.27. The Bertz CT molecular complexity index is 858. The number of hydrogen-bond acceptors (Lipinski definition) is 5. The quantitative estimate of drug-likeness (QED) is 0.468. The first-order chi connectivity index (χ1) is 11.4. The van der Waals surface area contributed by atoms with Crippen LogP contribution in [-0.2, 0) is 0 Å². The van der Waals surface area contributed by atoms with Crippen LogP contribution < -0.4 is 5.56 Å². The Balaban J connectivity index is 2.39. The smallest absolute Gasteiger partial charge is 0.264 e. The van der Waals surface area contributed by atoms with E-state index in [2.05, 4.69) is 14.9 Å². The van der Waals surface area contributed by atoms with Crippen molar-refractivity contribution in [1.29, 1.82) is 0 Å². The van der Waals surface area contributed by atoms with Gasteiger partial charge in [0.15, 0.2) is 4.77 Å². The van der Waals surface area contributed by atoms with Gasteiger partial charge in [0.1, 0.15) is 5.56 Å².